The van der Waals surface area contributed by atoms with E-state index < -0.39 is 28.2 Å². The number of anilines is 2. The van der Waals surface area contributed by atoms with E-state index in [9.17, 15) is 23.1 Å². The summed E-state index contributed by atoms with van der Waals surface area (Å²) in [5, 5.41) is 19.2. The number of ether oxygens (including phenoxy) is 1. The average Bonchev–Trinajstić information content (AvgIpc) is 3.29. The number of nitrogens with zero attached hydrogens (tertiary/aromatic N) is 3. The quantitative estimate of drug-likeness (QED) is 0.347. The van der Waals surface area contributed by atoms with Crippen LogP contribution in [-0.4, -0.2) is 78.7 Å². The molecular formula is C30H39N5O7S. The first-order valence-electron chi connectivity index (χ1n) is 14.0. The molecule has 0 saturated carbocycles. The number of hydrogen-bond donors (Lipinski definition) is 3. The lowest BCUT2D eigenvalue weighted by atomic mass is 10.0. The molecule has 0 bridgehead atoms. The number of rotatable bonds is 8. The van der Waals surface area contributed by atoms with E-state index in [1.165, 1.54) is 11.4 Å². The molecule has 0 spiro atoms. The summed E-state index contributed by atoms with van der Waals surface area (Å²) in [6.45, 7) is 8.97. The van der Waals surface area contributed by atoms with Crippen LogP contribution in [-0.2, 0) is 21.2 Å². The van der Waals surface area contributed by atoms with Crippen LogP contribution in [0.1, 0.15) is 36.4 Å². The van der Waals surface area contributed by atoms with E-state index in [0.29, 0.717) is 34.1 Å². The number of amides is 3. The SMILES string of the molecule is Cc1ccc(S(=O)(=O)N(C)C[C@H]2Oc3ccc(NC(=O)Nc4c(C)noc4C)cc3CC(=O)N([C@H](C)CO)C[C@H]2C)cc1. The van der Waals surface area contributed by atoms with E-state index in [2.05, 4.69) is 15.8 Å². The molecule has 12 nitrogen and oxygen atoms in total. The third kappa shape index (κ3) is 7.35. The van der Waals surface area contributed by atoms with E-state index in [0.717, 1.165) is 5.56 Å². The van der Waals surface area contributed by atoms with Gasteiger partial charge < -0.3 is 29.9 Å². The molecule has 0 aliphatic carbocycles. The van der Waals surface area contributed by atoms with Crippen LogP contribution in [0, 0.1) is 26.7 Å². The lowest BCUT2D eigenvalue weighted by Gasteiger charge is -2.33. The Morgan fingerprint density at radius 2 is 1.86 bits per heavy atom. The number of benzene rings is 2. The Kier molecular flexibility index (Phi) is 9.78. The number of hydrogen-bond acceptors (Lipinski definition) is 8. The maximum Gasteiger partial charge on any atom is 0.323 e. The molecule has 0 radical (unpaired) electrons. The number of aliphatic hydroxyl groups is 1. The van der Waals surface area contributed by atoms with Crippen LogP contribution < -0.4 is 15.4 Å². The van der Waals surface area contributed by atoms with Crippen LogP contribution >= 0.6 is 0 Å². The molecule has 1 aliphatic rings. The zero-order valence-electron chi connectivity index (χ0n) is 25.2. The molecule has 1 aromatic heterocycles. The Balaban J connectivity index is 1.62. The monoisotopic (exact) mass is 613 g/mol. The summed E-state index contributed by atoms with van der Waals surface area (Å²) in [7, 11) is -2.31. The van der Waals surface area contributed by atoms with Crippen molar-refractivity contribution < 1.29 is 32.4 Å². The van der Waals surface area contributed by atoms with Crippen molar-refractivity contribution in [2.75, 3.05) is 37.4 Å². The highest BCUT2D eigenvalue weighted by atomic mass is 32.2. The molecule has 0 saturated heterocycles. The van der Waals surface area contributed by atoms with Crippen molar-refractivity contribution in [2.24, 2.45) is 5.92 Å². The van der Waals surface area contributed by atoms with E-state index >= 15 is 0 Å². The van der Waals surface area contributed by atoms with Gasteiger partial charge in [0.15, 0.2) is 5.76 Å². The third-order valence-electron chi connectivity index (χ3n) is 7.61. The highest BCUT2D eigenvalue weighted by molar-refractivity contribution is 7.89. The first-order chi connectivity index (χ1) is 20.3. The Morgan fingerprint density at radius 3 is 2.49 bits per heavy atom. The van der Waals surface area contributed by atoms with Gasteiger partial charge >= 0.3 is 6.03 Å². The first-order valence-corrected chi connectivity index (χ1v) is 15.5. The number of carbonyl (C=O) groups excluding carboxylic acids is 2. The number of aliphatic hydroxyl groups excluding tert-OH is 1. The fourth-order valence-corrected chi connectivity index (χ4v) is 6.09. The summed E-state index contributed by atoms with van der Waals surface area (Å²) in [4.78, 5) is 28.0. The molecule has 3 amide bonds. The molecule has 3 aromatic rings. The van der Waals surface area contributed by atoms with Crippen molar-refractivity contribution in [3.05, 3.63) is 65.0 Å². The summed E-state index contributed by atoms with van der Waals surface area (Å²) in [6.07, 6.45) is -0.678. The highest BCUT2D eigenvalue weighted by Gasteiger charge is 2.33. The predicted octanol–water partition coefficient (Wildman–Crippen LogP) is 3.71. The van der Waals surface area contributed by atoms with E-state index in [4.69, 9.17) is 9.26 Å². The van der Waals surface area contributed by atoms with Crippen LogP contribution in [0.5, 0.6) is 5.75 Å². The number of urea groups is 1. The van der Waals surface area contributed by atoms with E-state index in [1.54, 1.807) is 68.1 Å². The lowest BCUT2D eigenvalue weighted by Crippen LogP contribution is -2.48. The van der Waals surface area contributed by atoms with Gasteiger partial charge in [0.05, 0.1) is 30.5 Å². The second kappa shape index (κ2) is 13.1. The van der Waals surface area contributed by atoms with Crippen molar-refractivity contribution in [1.29, 1.82) is 0 Å². The fourth-order valence-electron chi connectivity index (χ4n) is 4.90. The smallest absolute Gasteiger partial charge is 0.323 e. The number of carbonyl (C=O) groups is 2. The number of nitrogens with one attached hydrogen (secondary N) is 2. The number of fused-ring (bicyclic) bond motifs is 1. The number of sulfonamides is 1. The van der Waals surface area contributed by atoms with Gasteiger partial charge in [-0.25, -0.2) is 13.2 Å². The summed E-state index contributed by atoms with van der Waals surface area (Å²) in [5.74, 6) is 0.352. The molecule has 13 heteroatoms. The normalized spacial score (nSPS) is 18.2. The van der Waals surface area contributed by atoms with Gasteiger partial charge in [0.25, 0.3) is 0 Å². The van der Waals surface area contributed by atoms with Crippen LogP contribution in [0.2, 0.25) is 0 Å². The van der Waals surface area contributed by atoms with Gasteiger partial charge in [0.2, 0.25) is 15.9 Å². The Morgan fingerprint density at radius 1 is 1.16 bits per heavy atom. The minimum absolute atomic E-state index is 0.0200. The van der Waals surface area contributed by atoms with Crippen molar-refractivity contribution in [3.63, 3.8) is 0 Å². The van der Waals surface area contributed by atoms with Crippen LogP contribution in [0.4, 0.5) is 16.2 Å². The van der Waals surface area contributed by atoms with Gasteiger partial charge in [-0.3, -0.25) is 4.79 Å². The van der Waals surface area contributed by atoms with Crippen LogP contribution in [0.3, 0.4) is 0 Å². The lowest BCUT2D eigenvalue weighted by molar-refractivity contribution is -0.134. The molecule has 43 heavy (non-hydrogen) atoms. The van der Waals surface area contributed by atoms with Crippen molar-refractivity contribution in [1.82, 2.24) is 14.4 Å². The maximum atomic E-state index is 13.5. The van der Waals surface area contributed by atoms with Crippen molar-refractivity contribution >= 4 is 33.3 Å². The molecule has 2 aromatic carbocycles. The largest absolute Gasteiger partial charge is 0.488 e. The van der Waals surface area contributed by atoms with Crippen molar-refractivity contribution in [3.8, 4) is 5.75 Å². The Hall–Kier alpha value is -3.94. The zero-order valence-corrected chi connectivity index (χ0v) is 26.1. The number of aryl methyl sites for hydroxylation is 3. The van der Waals surface area contributed by atoms with Gasteiger partial charge in [0, 0.05) is 30.8 Å². The van der Waals surface area contributed by atoms with Crippen LogP contribution in [0.25, 0.3) is 0 Å². The number of aromatic nitrogens is 1. The second-order valence-corrected chi connectivity index (χ2v) is 13.1. The predicted molar refractivity (Wildman–Crippen MR) is 162 cm³/mol. The fraction of sp³-hybridized carbons (Fsp3) is 0.433. The summed E-state index contributed by atoms with van der Waals surface area (Å²) in [6, 6.07) is 10.6. The molecule has 0 fully saturated rings. The second-order valence-electron chi connectivity index (χ2n) is 11.1. The minimum atomic E-state index is -3.81. The van der Waals surface area contributed by atoms with Gasteiger partial charge in [-0.2, -0.15) is 4.31 Å². The molecular weight excluding hydrogens is 574 g/mol. The van der Waals surface area contributed by atoms with Gasteiger partial charge in [-0.15, -0.1) is 0 Å². The van der Waals surface area contributed by atoms with Gasteiger partial charge in [0.1, 0.15) is 23.2 Å². The zero-order chi connectivity index (χ0) is 31.5. The number of likely N-dealkylation sites (N-methyl/N-ethyl adjacent to an activating group) is 1. The van der Waals surface area contributed by atoms with Gasteiger partial charge in [-0.05, 0) is 58.0 Å². The van der Waals surface area contributed by atoms with Gasteiger partial charge in [-0.1, -0.05) is 29.8 Å². The summed E-state index contributed by atoms with van der Waals surface area (Å²) < 4.78 is 39.6. The maximum absolute atomic E-state index is 13.5. The molecule has 0 unspecified atom stereocenters. The minimum Gasteiger partial charge on any atom is -0.488 e. The Labute approximate surface area is 252 Å². The average molecular weight is 614 g/mol. The van der Waals surface area contributed by atoms with Crippen molar-refractivity contribution in [2.45, 2.75) is 58.1 Å². The van der Waals surface area contributed by atoms with E-state index in [1.807, 2.05) is 13.8 Å². The topological polar surface area (TPSA) is 154 Å². The first kappa shape index (κ1) is 32.0. The summed E-state index contributed by atoms with van der Waals surface area (Å²) >= 11 is 0. The Bertz CT molecular complexity index is 1550. The molecule has 3 N–H and O–H groups in total. The molecule has 1 aliphatic heterocycles. The van der Waals surface area contributed by atoms with Crippen LogP contribution in [0.15, 0.2) is 51.9 Å². The summed E-state index contributed by atoms with van der Waals surface area (Å²) in [5.41, 5.74) is 2.88. The molecule has 4 rings (SSSR count). The molecule has 232 valence electrons. The molecule has 3 atom stereocenters. The highest BCUT2D eigenvalue weighted by Crippen LogP contribution is 2.30. The van der Waals surface area contributed by atoms with E-state index in [-0.39, 0.29) is 42.8 Å². The third-order valence-corrected chi connectivity index (χ3v) is 9.45. The standard InChI is InChI=1S/C30H39N5O7S/c1-18-7-10-25(11-8-18)43(39,40)34(6)16-27-19(2)15-35(20(3)17-36)28(37)14-23-13-24(9-12-26(23)41-27)31-30(38)32-29-21(4)33-42-22(29)5/h7-13,19-20,27,36H,14-17H2,1-6H3,(H2,31,32,38)/t19-,20-,27-/m1/s1. The molecule has 2 heterocycles.